The van der Waals surface area contributed by atoms with Crippen LogP contribution in [0.2, 0.25) is 0 Å². The molecule has 0 aliphatic carbocycles. The number of nitrogens with one attached hydrogen (secondary N) is 2. The highest BCUT2D eigenvalue weighted by Gasteiger charge is 2.07. The van der Waals surface area contributed by atoms with Gasteiger partial charge in [-0.25, -0.2) is 4.98 Å². The van der Waals surface area contributed by atoms with Gasteiger partial charge >= 0.3 is 0 Å². The third-order valence-corrected chi connectivity index (χ3v) is 3.53. The molecule has 2 aromatic rings. The number of alkyl halides is 1. The van der Waals surface area contributed by atoms with E-state index >= 15 is 0 Å². The molecular formula is C15H18BrN3O. The summed E-state index contributed by atoms with van der Waals surface area (Å²) < 4.78 is 0. The molecule has 0 unspecified atom stereocenters. The number of unbranched alkanes of at least 4 members (excludes halogenated alkanes) is 1. The lowest BCUT2D eigenvalue weighted by atomic mass is 10.1. The van der Waals surface area contributed by atoms with Gasteiger partial charge in [-0.1, -0.05) is 46.3 Å². The molecule has 0 amide bonds. The third-order valence-electron chi connectivity index (χ3n) is 3.03. The Morgan fingerprint density at radius 3 is 2.80 bits per heavy atom. The van der Waals surface area contributed by atoms with Crippen molar-refractivity contribution in [2.75, 3.05) is 17.2 Å². The van der Waals surface area contributed by atoms with Crippen LogP contribution >= 0.6 is 15.9 Å². The van der Waals surface area contributed by atoms with Gasteiger partial charge in [-0.05, 0) is 24.8 Å². The number of carbonyl (C=O) groups excluding carboxylic acids is 1. The first-order chi connectivity index (χ1) is 9.79. The van der Waals surface area contributed by atoms with Crippen molar-refractivity contribution in [2.45, 2.75) is 19.3 Å². The number of aryl methyl sites for hydroxylation is 1. The highest BCUT2D eigenvalue weighted by atomic mass is 79.9. The Balaban J connectivity index is 1.66. The number of benzene rings is 1. The van der Waals surface area contributed by atoms with Crippen molar-refractivity contribution in [3.8, 4) is 0 Å². The fourth-order valence-corrected chi connectivity index (χ4v) is 2.23. The maximum Gasteiger partial charge on any atom is 0.200 e. The summed E-state index contributed by atoms with van der Waals surface area (Å²) in [5.74, 6) is 0.670. The zero-order chi connectivity index (χ0) is 14.2. The number of Topliss-reactive ketones (excluding diaryl/α,β-unsaturated/α-hetero) is 1. The number of ketones is 1. The lowest BCUT2D eigenvalue weighted by Gasteiger charge is -2.03. The second-order valence-electron chi connectivity index (χ2n) is 4.57. The van der Waals surface area contributed by atoms with Crippen molar-refractivity contribution in [1.29, 1.82) is 0 Å². The normalized spacial score (nSPS) is 10.4. The number of aromatic amines is 1. The molecule has 1 heterocycles. The Morgan fingerprint density at radius 1 is 1.25 bits per heavy atom. The topological polar surface area (TPSA) is 57.8 Å². The Labute approximate surface area is 127 Å². The standard InChI is InChI=1S/C15H18BrN3O/c16-10-14(20)13-11-18-15(19-13)17-9-5-4-8-12-6-2-1-3-7-12/h1-3,6-7,11H,4-5,8-10H2,(H2,17,18,19). The van der Waals surface area contributed by atoms with Crippen molar-refractivity contribution in [1.82, 2.24) is 9.97 Å². The van der Waals surface area contributed by atoms with Crippen LogP contribution in [0.1, 0.15) is 28.9 Å². The van der Waals surface area contributed by atoms with Crippen LogP contribution in [0.5, 0.6) is 0 Å². The van der Waals surface area contributed by atoms with E-state index in [2.05, 4.69) is 55.5 Å². The van der Waals surface area contributed by atoms with Gasteiger partial charge in [-0.2, -0.15) is 0 Å². The summed E-state index contributed by atoms with van der Waals surface area (Å²) in [7, 11) is 0. The molecule has 0 bridgehead atoms. The first kappa shape index (κ1) is 14.8. The number of aromatic nitrogens is 2. The molecule has 0 aliphatic heterocycles. The second-order valence-corrected chi connectivity index (χ2v) is 5.13. The van der Waals surface area contributed by atoms with E-state index in [0.717, 1.165) is 25.8 Å². The molecular weight excluding hydrogens is 318 g/mol. The molecule has 20 heavy (non-hydrogen) atoms. The molecule has 4 nitrogen and oxygen atoms in total. The summed E-state index contributed by atoms with van der Waals surface area (Å²) in [4.78, 5) is 18.5. The number of imidazole rings is 1. The molecule has 0 radical (unpaired) electrons. The van der Waals surface area contributed by atoms with E-state index in [1.54, 1.807) is 6.20 Å². The SMILES string of the molecule is O=C(CBr)c1cnc(NCCCCc2ccccc2)[nH]1. The molecule has 0 spiro atoms. The lowest BCUT2D eigenvalue weighted by molar-refractivity contribution is 0.101. The monoisotopic (exact) mass is 335 g/mol. The molecule has 0 fully saturated rings. The number of anilines is 1. The number of hydrogen-bond acceptors (Lipinski definition) is 3. The quantitative estimate of drug-likeness (QED) is 0.441. The summed E-state index contributed by atoms with van der Waals surface area (Å²) in [6.45, 7) is 0.849. The van der Waals surface area contributed by atoms with Crippen molar-refractivity contribution in [3.05, 3.63) is 47.8 Å². The molecule has 2 rings (SSSR count). The van der Waals surface area contributed by atoms with Crippen LogP contribution in [0, 0.1) is 0 Å². The van der Waals surface area contributed by atoms with E-state index in [0.29, 0.717) is 17.0 Å². The van der Waals surface area contributed by atoms with Crippen LogP contribution in [-0.2, 0) is 6.42 Å². The molecule has 0 saturated heterocycles. The maximum atomic E-state index is 11.4. The Hall–Kier alpha value is -1.62. The van der Waals surface area contributed by atoms with Crippen LogP contribution < -0.4 is 5.32 Å². The smallest absolute Gasteiger partial charge is 0.200 e. The van der Waals surface area contributed by atoms with E-state index < -0.39 is 0 Å². The molecule has 0 aliphatic rings. The van der Waals surface area contributed by atoms with Crippen LogP contribution in [0.25, 0.3) is 0 Å². The largest absolute Gasteiger partial charge is 0.356 e. The molecule has 2 N–H and O–H groups in total. The fourth-order valence-electron chi connectivity index (χ4n) is 1.93. The van der Waals surface area contributed by atoms with Gasteiger partial charge in [-0.15, -0.1) is 0 Å². The highest BCUT2D eigenvalue weighted by Crippen LogP contribution is 2.07. The number of nitrogens with zero attached hydrogens (tertiary/aromatic N) is 1. The Kier molecular flexibility index (Phi) is 5.80. The molecule has 106 valence electrons. The van der Waals surface area contributed by atoms with Crippen molar-refractivity contribution in [3.63, 3.8) is 0 Å². The van der Waals surface area contributed by atoms with Gasteiger partial charge in [0.25, 0.3) is 0 Å². The van der Waals surface area contributed by atoms with Gasteiger partial charge in [0.2, 0.25) is 5.95 Å². The molecule has 0 atom stereocenters. The summed E-state index contributed by atoms with van der Waals surface area (Å²) in [5, 5.41) is 3.51. The van der Waals surface area contributed by atoms with Crippen molar-refractivity contribution in [2.24, 2.45) is 0 Å². The number of carbonyl (C=O) groups is 1. The van der Waals surface area contributed by atoms with E-state index in [9.17, 15) is 4.79 Å². The van der Waals surface area contributed by atoms with E-state index in [-0.39, 0.29) is 5.78 Å². The summed E-state index contributed by atoms with van der Waals surface area (Å²) >= 11 is 3.14. The molecule has 5 heteroatoms. The van der Waals surface area contributed by atoms with Gasteiger partial charge in [0.05, 0.1) is 11.5 Å². The predicted octanol–water partition coefficient (Wildman–Crippen LogP) is 3.42. The number of H-pyrrole nitrogens is 1. The first-order valence-electron chi connectivity index (χ1n) is 6.71. The lowest BCUT2D eigenvalue weighted by Crippen LogP contribution is -2.05. The van der Waals surface area contributed by atoms with E-state index in [4.69, 9.17) is 0 Å². The minimum atomic E-state index is 0.00891. The Morgan fingerprint density at radius 2 is 2.05 bits per heavy atom. The van der Waals surface area contributed by atoms with E-state index in [1.807, 2.05) is 6.07 Å². The zero-order valence-corrected chi connectivity index (χ0v) is 12.8. The highest BCUT2D eigenvalue weighted by molar-refractivity contribution is 9.09. The average Bonchev–Trinajstić information content (AvgIpc) is 2.96. The van der Waals surface area contributed by atoms with Gasteiger partial charge in [-0.3, -0.25) is 4.79 Å². The first-order valence-corrected chi connectivity index (χ1v) is 7.83. The van der Waals surface area contributed by atoms with Gasteiger partial charge < -0.3 is 10.3 Å². The van der Waals surface area contributed by atoms with Crippen molar-refractivity contribution < 1.29 is 4.79 Å². The van der Waals surface area contributed by atoms with Crippen LogP contribution in [0.4, 0.5) is 5.95 Å². The van der Waals surface area contributed by atoms with E-state index in [1.165, 1.54) is 5.56 Å². The van der Waals surface area contributed by atoms with Crippen LogP contribution in [0.3, 0.4) is 0 Å². The summed E-state index contributed by atoms with van der Waals surface area (Å²) in [6.07, 6.45) is 4.85. The number of hydrogen-bond donors (Lipinski definition) is 2. The zero-order valence-electron chi connectivity index (χ0n) is 11.2. The third kappa shape index (κ3) is 4.49. The predicted molar refractivity (Wildman–Crippen MR) is 84.6 cm³/mol. The molecule has 1 aromatic carbocycles. The van der Waals surface area contributed by atoms with Gasteiger partial charge in [0.1, 0.15) is 5.69 Å². The van der Waals surface area contributed by atoms with Gasteiger partial charge in [0.15, 0.2) is 5.78 Å². The minimum Gasteiger partial charge on any atom is -0.356 e. The average molecular weight is 336 g/mol. The summed E-state index contributed by atoms with van der Waals surface area (Å²) in [5.41, 5.74) is 1.91. The maximum absolute atomic E-state index is 11.4. The van der Waals surface area contributed by atoms with Gasteiger partial charge in [0, 0.05) is 6.54 Å². The minimum absolute atomic E-state index is 0.00891. The van der Waals surface area contributed by atoms with Crippen LogP contribution in [-0.4, -0.2) is 27.6 Å². The van der Waals surface area contributed by atoms with Crippen LogP contribution in [0.15, 0.2) is 36.5 Å². The van der Waals surface area contributed by atoms with Crippen molar-refractivity contribution >= 4 is 27.7 Å². The number of halogens is 1. The number of rotatable bonds is 8. The fraction of sp³-hybridized carbons (Fsp3) is 0.333. The second kappa shape index (κ2) is 7.85. The Bertz CT molecular complexity index is 539. The molecule has 0 saturated carbocycles. The summed E-state index contributed by atoms with van der Waals surface area (Å²) in [6, 6.07) is 10.5. The molecule has 1 aromatic heterocycles.